The molecular weight excluding hydrogens is 426 g/mol. The third-order valence-corrected chi connectivity index (χ3v) is 6.41. The molecule has 0 heterocycles. The van der Waals surface area contributed by atoms with Crippen molar-refractivity contribution < 1.29 is 26.8 Å². The lowest BCUT2D eigenvalue weighted by atomic mass is 10.1. The first-order valence-electron chi connectivity index (χ1n) is 9.56. The van der Waals surface area contributed by atoms with Crippen LogP contribution in [0.1, 0.15) is 27.8 Å². The predicted molar refractivity (Wildman–Crippen MR) is 116 cm³/mol. The Hall–Kier alpha value is -2.92. The lowest BCUT2D eigenvalue weighted by Crippen LogP contribution is -2.12. The highest BCUT2D eigenvalue weighted by atomic mass is 31.2. The third kappa shape index (κ3) is 5.42. The number of benzene rings is 3. The van der Waals surface area contributed by atoms with E-state index in [1.165, 1.54) is 12.1 Å². The molecule has 0 unspecified atom stereocenters. The first-order valence-corrected chi connectivity index (χ1v) is 11.1. The number of anilines is 1. The number of hydrogen-bond acceptors (Lipinski definition) is 3. The Labute approximate surface area is 179 Å². The van der Waals surface area contributed by atoms with Crippen LogP contribution in [0, 0.1) is 27.7 Å². The summed E-state index contributed by atoms with van der Waals surface area (Å²) in [6.07, 6.45) is -4.54. The topological polar surface area (TPSA) is 47.6 Å². The first-order chi connectivity index (χ1) is 14.5. The summed E-state index contributed by atoms with van der Waals surface area (Å²) in [5.41, 5.74) is 2.41. The maximum Gasteiger partial charge on any atom is 0.541 e. The van der Waals surface area contributed by atoms with Crippen LogP contribution in [-0.4, -0.2) is 0 Å². The van der Waals surface area contributed by atoms with E-state index in [1.54, 1.807) is 38.1 Å². The van der Waals surface area contributed by atoms with E-state index in [0.717, 1.165) is 34.4 Å². The summed E-state index contributed by atoms with van der Waals surface area (Å²) in [4.78, 5) is 0. The fourth-order valence-corrected chi connectivity index (χ4v) is 4.39. The van der Waals surface area contributed by atoms with Crippen LogP contribution in [0.25, 0.3) is 0 Å². The van der Waals surface area contributed by atoms with Gasteiger partial charge in [0.2, 0.25) is 0 Å². The highest BCUT2D eigenvalue weighted by molar-refractivity contribution is 7.56. The van der Waals surface area contributed by atoms with Crippen LogP contribution in [0.3, 0.4) is 0 Å². The quantitative estimate of drug-likeness (QED) is 0.393. The minimum atomic E-state index is -4.54. The van der Waals surface area contributed by atoms with Crippen molar-refractivity contribution in [3.8, 4) is 11.5 Å². The molecule has 0 bridgehead atoms. The molecule has 0 atom stereocenters. The number of halogens is 3. The van der Waals surface area contributed by atoms with Crippen LogP contribution >= 0.6 is 7.75 Å². The maximum absolute atomic E-state index is 13.8. The Morgan fingerprint density at radius 1 is 0.774 bits per heavy atom. The minimum Gasteiger partial charge on any atom is -0.400 e. The summed E-state index contributed by atoms with van der Waals surface area (Å²) in [6, 6.07) is 14.9. The van der Waals surface area contributed by atoms with Gasteiger partial charge in [-0.3, -0.25) is 5.09 Å². The molecule has 3 aromatic rings. The van der Waals surface area contributed by atoms with E-state index >= 15 is 0 Å². The van der Waals surface area contributed by atoms with Crippen LogP contribution in [0.4, 0.5) is 18.9 Å². The molecule has 164 valence electrons. The molecule has 4 nitrogen and oxygen atoms in total. The van der Waals surface area contributed by atoms with Crippen molar-refractivity contribution in [2.75, 3.05) is 5.09 Å². The minimum absolute atomic E-state index is 0.0335. The lowest BCUT2D eigenvalue weighted by molar-refractivity contribution is -0.137. The summed E-state index contributed by atoms with van der Waals surface area (Å²) in [6.45, 7) is 7.35. The molecular formula is C23H23F3NO3P. The van der Waals surface area contributed by atoms with Crippen molar-refractivity contribution in [3.05, 3.63) is 88.5 Å². The van der Waals surface area contributed by atoms with E-state index in [-0.39, 0.29) is 5.69 Å². The molecule has 3 aromatic carbocycles. The van der Waals surface area contributed by atoms with E-state index in [9.17, 15) is 17.7 Å². The molecule has 0 amide bonds. The summed E-state index contributed by atoms with van der Waals surface area (Å²) < 4.78 is 64.7. The van der Waals surface area contributed by atoms with Gasteiger partial charge in [0, 0.05) is 5.69 Å². The van der Waals surface area contributed by atoms with Gasteiger partial charge in [-0.2, -0.15) is 13.2 Å². The summed E-state index contributed by atoms with van der Waals surface area (Å²) in [7, 11) is -4.17. The second-order valence-electron chi connectivity index (χ2n) is 7.27. The predicted octanol–water partition coefficient (Wildman–Crippen LogP) is 7.62. The Morgan fingerprint density at radius 3 is 1.74 bits per heavy atom. The lowest BCUT2D eigenvalue weighted by Gasteiger charge is -2.23. The zero-order valence-corrected chi connectivity index (χ0v) is 18.5. The Kier molecular flexibility index (Phi) is 6.37. The molecule has 0 aliphatic heterocycles. The number of rotatable bonds is 6. The second kappa shape index (κ2) is 8.67. The van der Waals surface area contributed by atoms with Gasteiger partial charge in [0.05, 0.1) is 5.56 Å². The van der Waals surface area contributed by atoms with Crippen LogP contribution in [-0.2, 0) is 10.7 Å². The molecule has 0 fully saturated rings. The highest BCUT2D eigenvalue weighted by Crippen LogP contribution is 2.50. The van der Waals surface area contributed by atoms with E-state index in [4.69, 9.17) is 9.05 Å². The largest absolute Gasteiger partial charge is 0.541 e. The summed E-state index contributed by atoms with van der Waals surface area (Å²) in [5, 5.41) is 2.57. The van der Waals surface area contributed by atoms with Gasteiger partial charge < -0.3 is 9.05 Å². The van der Waals surface area contributed by atoms with Crippen molar-refractivity contribution in [1.82, 2.24) is 0 Å². The molecule has 0 aliphatic rings. The average Bonchev–Trinajstić information content (AvgIpc) is 2.68. The molecule has 0 saturated heterocycles. The molecule has 0 saturated carbocycles. The van der Waals surface area contributed by atoms with Gasteiger partial charge in [0.15, 0.2) is 0 Å². The van der Waals surface area contributed by atoms with Gasteiger partial charge in [-0.05, 0) is 80.3 Å². The number of nitrogens with one attached hydrogen (secondary N) is 1. The molecule has 0 radical (unpaired) electrons. The van der Waals surface area contributed by atoms with Gasteiger partial charge in [-0.25, -0.2) is 4.57 Å². The molecule has 1 N–H and O–H groups in total. The summed E-state index contributed by atoms with van der Waals surface area (Å²) >= 11 is 0. The van der Waals surface area contributed by atoms with E-state index in [0.29, 0.717) is 11.5 Å². The fourth-order valence-electron chi connectivity index (χ4n) is 2.89. The Morgan fingerprint density at radius 2 is 1.26 bits per heavy atom. The van der Waals surface area contributed by atoms with E-state index in [1.807, 2.05) is 26.0 Å². The molecule has 31 heavy (non-hydrogen) atoms. The van der Waals surface area contributed by atoms with Crippen LogP contribution in [0.2, 0.25) is 0 Å². The molecule has 3 rings (SSSR count). The van der Waals surface area contributed by atoms with Gasteiger partial charge in [0.25, 0.3) is 0 Å². The maximum atomic E-state index is 13.8. The van der Waals surface area contributed by atoms with Gasteiger partial charge in [-0.1, -0.05) is 30.3 Å². The van der Waals surface area contributed by atoms with Crippen LogP contribution in [0.5, 0.6) is 11.5 Å². The molecule has 8 heteroatoms. The molecule has 0 aliphatic carbocycles. The SMILES string of the molecule is Cc1cccc(OP(=O)(Nc2cccc(C(F)(F)F)c2)Oc2cccc(C)c2C)c1C. The average molecular weight is 449 g/mol. The molecule has 0 aromatic heterocycles. The standard InChI is InChI=1S/C23H23F3NO3P/c1-15-8-5-12-21(17(15)3)29-31(28,30-22-13-6-9-16(2)18(22)4)27-20-11-7-10-19(14-20)23(24,25)26/h5-14H,1-4H3,(H,27,28). The third-order valence-electron chi connectivity index (χ3n) is 5.00. The van der Waals surface area contributed by atoms with E-state index < -0.39 is 19.5 Å². The number of aryl methyl sites for hydroxylation is 2. The fraction of sp³-hybridized carbons (Fsp3) is 0.217. The Balaban J connectivity index is 2.02. The normalized spacial score (nSPS) is 11.8. The van der Waals surface area contributed by atoms with Crippen molar-refractivity contribution in [3.63, 3.8) is 0 Å². The zero-order chi connectivity index (χ0) is 22.8. The van der Waals surface area contributed by atoms with Gasteiger partial charge in [-0.15, -0.1) is 0 Å². The number of hydrogen-bond donors (Lipinski definition) is 1. The number of alkyl halides is 3. The van der Waals surface area contributed by atoms with Crippen molar-refractivity contribution in [2.24, 2.45) is 0 Å². The van der Waals surface area contributed by atoms with Crippen molar-refractivity contribution in [1.29, 1.82) is 0 Å². The van der Waals surface area contributed by atoms with Crippen LogP contribution < -0.4 is 14.1 Å². The zero-order valence-electron chi connectivity index (χ0n) is 17.6. The van der Waals surface area contributed by atoms with Crippen molar-refractivity contribution in [2.45, 2.75) is 33.9 Å². The summed E-state index contributed by atoms with van der Waals surface area (Å²) in [5.74, 6) is 0.626. The van der Waals surface area contributed by atoms with E-state index in [2.05, 4.69) is 5.09 Å². The Bertz CT molecular complexity index is 1090. The second-order valence-corrected chi connectivity index (χ2v) is 8.85. The van der Waals surface area contributed by atoms with Gasteiger partial charge >= 0.3 is 13.9 Å². The van der Waals surface area contributed by atoms with Gasteiger partial charge in [0.1, 0.15) is 11.5 Å². The monoisotopic (exact) mass is 449 g/mol. The first kappa shape index (κ1) is 22.8. The smallest absolute Gasteiger partial charge is 0.400 e. The molecule has 0 spiro atoms. The van der Waals surface area contributed by atoms with Crippen LogP contribution in [0.15, 0.2) is 60.7 Å². The van der Waals surface area contributed by atoms with Crippen molar-refractivity contribution >= 4 is 13.4 Å². The highest BCUT2D eigenvalue weighted by Gasteiger charge is 2.33.